The predicted octanol–water partition coefficient (Wildman–Crippen LogP) is 2.61. The van der Waals surface area contributed by atoms with Crippen LogP contribution >= 0.6 is 0 Å². The highest BCUT2D eigenvalue weighted by Gasteiger charge is 2.08. The first-order chi connectivity index (χ1) is 6.66. The van der Waals surface area contributed by atoms with Crippen molar-refractivity contribution in [3.05, 3.63) is 24.1 Å². The monoisotopic (exact) mass is 190 g/mol. The van der Waals surface area contributed by atoms with Gasteiger partial charge in [0.1, 0.15) is 5.52 Å². The molecule has 0 aliphatic rings. The van der Waals surface area contributed by atoms with Crippen LogP contribution in [0, 0.1) is 5.92 Å². The van der Waals surface area contributed by atoms with Gasteiger partial charge in [-0.25, -0.2) is 4.98 Å². The molecule has 1 aromatic carbocycles. The largest absolute Gasteiger partial charge is 0.441 e. The zero-order valence-electron chi connectivity index (χ0n) is 8.45. The van der Waals surface area contributed by atoms with E-state index < -0.39 is 0 Å². The van der Waals surface area contributed by atoms with Crippen LogP contribution in [0.1, 0.15) is 19.7 Å². The minimum absolute atomic E-state index is 0.546. The topological polar surface area (TPSA) is 52.0 Å². The molecule has 74 valence electrons. The molecule has 14 heavy (non-hydrogen) atoms. The summed E-state index contributed by atoms with van der Waals surface area (Å²) in [5, 5.41) is 0. The van der Waals surface area contributed by atoms with Crippen molar-refractivity contribution >= 4 is 16.8 Å². The Morgan fingerprint density at radius 2 is 2.21 bits per heavy atom. The zero-order valence-corrected chi connectivity index (χ0v) is 8.45. The van der Waals surface area contributed by atoms with Crippen molar-refractivity contribution in [2.45, 2.75) is 20.3 Å². The average molecular weight is 190 g/mol. The Kier molecular flexibility index (Phi) is 2.15. The van der Waals surface area contributed by atoms with Gasteiger partial charge in [-0.05, 0) is 18.1 Å². The zero-order chi connectivity index (χ0) is 10.1. The number of anilines is 1. The van der Waals surface area contributed by atoms with E-state index in [2.05, 4.69) is 18.8 Å². The molecule has 0 aliphatic heterocycles. The quantitative estimate of drug-likeness (QED) is 0.740. The number of hydrogen-bond donors (Lipinski definition) is 1. The fourth-order valence-electron chi connectivity index (χ4n) is 1.45. The van der Waals surface area contributed by atoms with Gasteiger partial charge in [0.05, 0.1) is 5.69 Å². The van der Waals surface area contributed by atoms with Crippen LogP contribution in [0.25, 0.3) is 11.1 Å². The van der Waals surface area contributed by atoms with Crippen molar-refractivity contribution in [3.63, 3.8) is 0 Å². The second-order valence-corrected chi connectivity index (χ2v) is 3.90. The highest BCUT2D eigenvalue weighted by molar-refractivity contribution is 5.85. The maximum atomic E-state index is 5.78. The first-order valence-corrected chi connectivity index (χ1v) is 4.80. The Morgan fingerprint density at radius 1 is 1.43 bits per heavy atom. The van der Waals surface area contributed by atoms with Crippen LogP contribution < -0.4 is 5.73 Å². The van der Waals surface area contributed by atoms with Gasteiger partial charge in [0.25, 0.3) is 0 Å². The number of fused-ring (bicyclic) bond motifs is 1. The fourth-order valence-corrected chi connectivity index (χ4v) is 1.45. The van der Waals surface area contributed by atoms with Crippen LogP contribution in [0.4, 0.5) is 5.69 Å². The molecular formula is C11H14N2O. The molecular weight excluding hydrogens is 176 g/mol. The highest BCUT2D eigenvalue weighted by Crippen LogP contribution is 2.22. The molecule has 3 nitrogen and oxygen atoms in total. The number of nitrogens with zero attached hydrogens (tertiary/aromatic N) is 1. The molecule has 0 bridgehead atoms. The number of para-hydroxylation sites is 1. The molecule has 0 atom stereocenters. The van der Waals surface area contributed by atoms with Crippen molar-refractivity contribution < 1.29 is 4.42 Å². The van der Waals surface area contributed by atoms with Gasteiger partial charge in [-0.1, -0.05) is 19.9 Å². The molecule has 0 fully saturated rings. The van der Waals surface area contributed by atoms with E-state index in [-0.39, 0.29) is 0 Å². The van der Waals surface area contributed by atoms with Crippen LogP contribution in [-0.2, 0) is 6.42 Å². The van der Waals surface area contributed by atoms with Crippen molar-refractivity contribution in [2.24, 2.45) is 5.92 Å². The third-order valence-electron chi connectivity index (χ3n) is 2.08. The Balaban J connectivity index is 2.46. The van der Waals surface area contributed by atoms with Crippen molar-refractivity contribution in [1.29, 1.82) is 0 Å². The summed E-state index contributed by atoms with van der Waals surface area (Å²) in [5.74, 6) is 1.32. The van der Waals surface area contributed by atoms with E-state index in [9.17, 15) is 0 Å². The van der Waals surface area contributed by atoms with Gasteiger partial charge in [0, 0.05) is 6.42 Å². The van der Waals surface area contributed by atoms with E-state index in [0.717, 1.165) is 23.4 Å². The molecule has 0 unspecified atom stereocenters. The Morgan fingerprint density at radius 3 is 2.86 bits per heavy atom. The predicted molar refractivity (Wildman–Crippen MR) is 57.0 cm³/mol. The van der Waals surface area contributed by atoms with E-state index in [1.165, 1.54) is 0 Å². The van der Waals surface area contributed by atoms with E-state index >= 15 is 0 Å². The first-order valence-electron chi connectivity index (χ1n) is 4.80. The summed E-state index contributed by atoms with van der Waals surface area (Å²) in [6.45, 7) is 4.27. The maximum absolute atomic E-state index is 5.78. The molecule has 3 heteroatoms. The maximum Gasteiger partial charge on any atom is 0.195 e. The van der Waals surface area contributed by atoms with Crippen molar-refractivity contribution in [2.75, 3.05) is 5.73 Å². The Labute approximate surface area is 82.9 Å². The molecule has 2 aromatic rings. The summed E-state index contributed by atoms with van der Waals surface area (Å²) in [6, 6.07) is 5.61. The summed E-state index contributed by atoms with van der Waals surface area (Å²) in [5.41, 5.74) is 8.02. The second kappa shape index (κ2) is 3.33. The molecule has 0 amide bonds. The minimum Gasteiger partial charge on any atom is -0.441 e. The summed E-state index contributed by atoms with van der Waals surface area (Å²) in [7, 11) is 0. The molecule has 1 aromatic heterocycles. The molecule has 2 N–H and O–H groups in total. The number of oxazole rings is 1. The van der Waals surface area contributed by atoms with Gasteiger partial charge in [0.2, 0.25) is 0 Å². The van der Waals surface area contributed by atoms with E-state index in [4.69, 9.17) is 10.2 Å². The van der Waals surface area contributed by atoms with Gasteiger partial charge in [-0.2, -0.15) is 0 Å². The lowest BCUT2D eigenvalue weighted by Crippen LogP contribution is -1.93. The number of aromatic nitrogens is 1. The standard InChI is InChI=1S/C11H14N2O/c1-7(2)6-10-13-11-8(12)4-3-5-9(11)14-10/h3-5,7H,6,12H2,1-2H3. The van der Waals surface area contributed by atoms with Gasteiger partial charge < -0.3 is 10.2 Å². The summed E-state index contributed by atoms with van der Waals surface area (Å²) in [4.78, 5) is 4.36. The SMILES string of the molecule is CC(C)Cc1nc2c(N)cccc2o1. The summed E-state index contributed by atoms with van der Waals surface area (Å²) >= 11 is 0. The Bertz CT molecular complexity index is 445. The molecule has 0 radical (unpaired) electrons. The van der Waals surface area contributed by atoms with Gasteiger partial charge in [-0.3, -0.25) is 0 Å². The number of nitrogen functional groups attached to an aromatic ring is 1. The number of benzene rings is 1. The van der Waals surface area contributed by atoms with Crippen LogP contribution in [0.15, 0.2) is 22.6 Å². The lowest BCUT2D eigenvalue weighted by atomic mass is 10.1. The van der Waals surface area contributed by atoms with Crippen LogP contribution in [0.3, 0.4) is 0 Å². The van der Waals surface area contributed by atoms with E-state index in [0.29, 0.717) is 11.6 Å². The average Bonchev–Trinajstić information content (AvgIpc) is 2.47. The molecule has 1 heterocycles. The lowest BCUT2D eigenvalue weighted by Gasteiger charge is -1.96. The molecule has 0 spiro atoms. The molecule has 0 aliphatic carbocycles. The van der Waals surface area contributed by atoms with Crippen LogP contribution in [-0.4, -0.2) is 4.98 Å². The smallest absolute Gasteiger partial charge is 0.195 e. The number of hydrogen-bond acceptors (Lipinski definition) is 3. The number of nitrogens with two attached hydrogens (primary N) is 1. The number of rotatable bonds is 2. The second-order valence-electron chi connectivity index (χ2n) is 3.90. The van der Waals surface area contributed by atoms with E-state index in [1.807, 2.05) is 18.2 Å². The minimum atomic E-state index is 0.546. The summed E-state index contributed by atoms with van der Waals surface area (Å²) < 4.78 is 5.57. The Hall–Kier alpha value is -1.51. The van der Waals surface area contributed by atoms with Crippen LogP contribution in [0.5, 0.6) is 0 Å². The molecule has 0 saturated heterocycles. The van der Waals surface area contributed by atoms with Gasteiger partial charge in [-0.15, -0.1) is 0 Å². The van der Waals surface area contributed by atoms with Crippen molar-refractivity contribution in [3.8, 4) is 0 Å². The third kappa shape index (κ3) is 1.58. The lowest BCUT2D eigenvalue weighted by molar-refractivity contribution is 0.482. The van der Waals surface area contributed by atoms with Crippen molar-refractivity contribution in [1.82, 2.24) is 4.98 Å². The highest BCUT2D eigenvalue weighted by atomic mass is 16.3. The van der Waals surface area contributed by atoms with Crippen LogP contribution in [0.2, 0.25) is 0 Å². The fraction of sp³-hybridized carbons (Fsp3) is 0.364. The summed E-state index contributed by atoms with van der Waals surface area (Å²) in [6.07, 6.45) is 0.855. The molecule has 0 saturated carbocycles. The van der Waals surface area contributed by atoms with Gasteiger partial charge >= 0.3 is 0 Å². The molecule has 2 rings (SSSR count). The van der Waals surface area contributed by atoms with Gasteiger partial charge in [0.15, 0.2) is 11.5 Å². The van der Waals surface area contributed by atoms with E-state index in [1.54, 1.807) is 0 Å². The first kappa shape index (κ1) is 9.06. The normalized spacial score (nSPS) is 11.4. The third-order valence-corrected chi connectivity index (χ3v) is 2.08.